The Labute approximate surface area is 273 Å². The molecule has 0 amide bonds. The molecule has 234 valence electrons. The summed E-state index contributed by atoms with van der Waals surface area (Å²) in [6, 6.07) is 33.3. The van der Waals surface area contributed by atoms with Crippen LogP contribution in [0.1, 0.15) is 79.0 Å². The number of benzene rings is 4. The number of aromatic nitrogens is 3. The molecule has 2 heterocycles. The van der Waals surface area contributed by atoms with E-state index in [-0.39, 0.29) is 22.0 Å². The summed E-state index contributed by atoms with van der Waals surface area (Å²) in [4.78, 5) is 10.2. The topological polar surface area (TPSA) is 50.9 Å². The van der Waals surface area contributed by atoms with E-state index in [4.69, 9.17) is 9.97 Å². The van der Waals surface area contributed by atoms with Crippen molar-refractivity contribution < 1.29 is 5.11 Å². The fourth-order valence-electron chi connectivity index (χ4n) is 6.29. The molecule has 4 nitrogen and oxygen atoms in total. The van der Waals surface area contributed by atoms with E-state index >= 15 is 0 Å². The van der Waals surface area contributed by atoms with Crippen LogP contribution in [-0.4, -0.2) is 19.6 Å². The van der Waals surface area contributed by atoms with Crippen molar-refractivity contribution in [1.82, 2.24) is 14.5 Å². The molecule has 0 saturated carbocycles. The smallest absolute Gasteiger partial charge is 0.149 e. The van der Waals surface area contributed by atoms with Gasteiger partial charge in [-0.05, 0) is 93.1 Å². The lowest BCUT2D eigenvalue weighted by Gasteiger charge is -2.30. The van der Waals surface area contributed by atoms with Gasteiger partial charge in [-0.1, -0.05) is 105 Å². The first-order valence-corrected chi connectivity index (χ1v) is 16.2. The first-order valence-electron chi connectivity index (χ1n) is 16.2. The van der Waals surface area contributed by atoms with Gasteiger partial charge in [-0.2, -0.15) is 0 Å². The highest BCUT2D eigenvalue weighted by atomic mass is 16.3. The molecule has 46 heavy (non-hydrogen) atoms. The monoisotopic (exact) mass is 607 g/mol. The van der Waals surface area contributed by atoms with Crippen LogP contribution in [0, 0.1) is 0 Å². The Bertz CT molecular complexity index is 2030. The summed E-state index contributed by atoms with van der Waals surface area (Å²) >= 11 is 0. The maximum absolute atomic E-state index is 11.1. The lowest BCUT2D eigenvalue weighted by molar-refractivity contribution is 0.477. The molecule has 0 bridgehead atoms. The summed E-state index contributed by atoms with van der Waals surface area (Å²) in [5, 5.41) is 11.1. The zero-order valence-electron chi connectivity index (χ0n) is 28.6. The predicted molar refractivity (Wildman–Crippen MR) is 193 cm³/mol. The molecule has 0 atom stereocenters. The molecule has 0 aliphatic carbocycles. The fraction of sp³-hybridized carbons (Fsp3) is 0.286. The van der Waals surface area contributed by atoms with Crippen LogP contribution >= 0.6 is 0 Å². The molecule has 2 aromatic heterocycles. The van der Waals surface area contributed by atoms with Gasteiger partial charge in [-0.25, -0.2) is 4.98 Å². The number of hydrogen-bond donors (Lipinski definition) is 1. The second-order valence-corrected chi connectivity index (χ2v) is 15.4. The zero-order valence-corrected chi connectivity index (χ0v) is 28.6. The second-order valence-electron chi connectivity index (χ2n) is 15.4. The minimum absolute atomic E-state index is 0.0964. The summed E-state index contributed by atoms with van der Waals surface area (Å²) in [5.74, 6) is 0.912. The molecule has 6 aromatic rings. The fourth-order valence-corrected chi connectivity index (χ4v) is 6.29. The van der Waals surface area contributed by atoms with Crippen molar-refractivity contribution in [2.24, 2.45) is 0 Å². The molecule has 1 N–H and O–H groups in total. The van der Waals surface area contributed by atoms with Crippen LogP contribution in [0.2, 0.25) is 0 Å². The largest absolute Gasteiger partial charge is 0.507 e. The predicted octanol–water partition coefficient (Wildman–Crippen LogP) is 11.0. The van der Waals surface area contributed by atoms with Crippen molar-refractivity contribution in [3.63, 3.8) is 0 Å². The standard InChI is InChI=1S/C42H45N3O/c1-40(2,3)27-23-31(30-25-32(35-20-15-16-22-43-35)34(42(7,8)9)26-33(30)41(4,5)6)38-36(24-27)45(28-17-11-10-12-18-28)39(44-38)29-19-13-14-21-37(29)46/h10-26,46H,1-9H3. The van der Waals surface area contributed by atoms with E-state index in [9.17, 15) is 5.11 Å². The Morgan fingerprint density at radius 1 is 0.565 bits per heavy atom. The summed E-state index contributed by atoms with van der Waals surface area (Å²) in [6.45, 7) is 20.5. The van der Waals surface area contributed by atoms with Crippen molar-refractivity contribution in [3.05, 3.63) is 120 Å². The number of fused-ring (bicyclic) bond motifs is 1. The van der Waals surface area contributed by atoms with Gasteiger partial charge in [0.05, 0.1) is 22.3 Å². The molecular formula is C42H45N3O. The van der Waals surface area contributed by atoms with Crippen LogP contribution in [0.25, 0.3) is 50.5 Å². The molecule has 6 rings (SSSR count). The number of nitrogens with zero attached hydrogens (tertiary/aromatic N) is 3. The summed E-state index contributed by atoms with van der Waals surface area (Å²) in [6.07, 6.45) is 1.87. The van der Waals surface area contributed by atoms with Crippen LogP contribution in [0.5, 0.6) is 5.75 Å². The van der Waals surface area contributed by atoms with Crippen LogP contribution in [0.15, 0.2) is 103 Å². The third kappa shape index (κ3) is 5.73. The Kier molecular flexibility index (Phi) is 7.67. The molecule has 0 aliphatic rings. The van der Waals surface area contributed by atoms with Gasteiger partial charge in [0.1, 0.15) is 11.6 Å². The SMILES string of the molecule is CC(C)(C)c1cc(-c2cc(-c3ccccn3)c(C(C)(C)C)cc2C(C)(C)C)c2nc(-c3ccccc3O)n(-c3ccccc3)c2c1. The zero-order chi connectivity index (χ0) is 33.0. The summed E-state index contributed by atoms with van der Waals surface area (Å²) < 4.78 is 2.20. The van der Waals surface area contributed by atoms with E-state index < -0.39 is 0 Å². The van der Waals surface area contributed by atoms with Crippen LogP contribution < -0.4 is 0 Å². The van der Waals surface area contributed by atoms with Gasteiger partial charge in [-0.15, -0.1) is 0 Å². The molecule has 0 unspecified atom stereocenters. The van der Waals surface area contributed by atoms with Crippen molar-refractivity contribution in [3.8, 4) is 45.2 Å². The van der Waals surface area contributed by atoms with E-state index in [1.54, 1.807) is 6.07 Å². The van der Waals surface area contributed by atoms with Crippen molar-refractivity contribution in [2.75, 3.05) is 0 Å². The van der Waals surface area contributed by atoms with Crippen LogP contribution in [0.3, 0.4) is 0 Å². The van der Waals surface area contributed by atoms with Gasteiger partial charge < -0.3 is 5.11 Å². The van der Waals surface area contributed by atoms with Gasteiger partial charge in [0, 0.05) is 23.0 Å². The number of imidazole rings is 1. The molecule has 0 saturated heterocycles. The van der Waals surface area contributed by atoms with Gasteiger partial charge in [0.25, 0.3) is 0 Å². The molecule has 0 radical (unpaired) electrons. The Balaban J connectivity index is 1.81. The Hall–Kier alpha value is -4.70. The highest BCUT2D eigenvalue weighted by Gasteiger charge is 2.30. The first-order chi connectivity index (χ1) is 21.6. The third-order valence-electron chi connectivity index (χ3n) is 8.79. The van der Waals surface area contributed by atoms with Gasteiger partial charge >= 0.3 is 0 Å². The Morgan fingerprint density at radius 2 is 1.20 bits per heavy atom. The van der Waals surface area contributed by atoms with E-state index in [0.717, 1.165) is 39.1 Å². The second kappa shape index (κ2) is 11.3. The number of aromatic hydroxyl groups is 1. The molecule has 0 aliphatic heterocycles. The Morgan fingerprint density at radius 3 is 1.80 bits per heavy atom. The molecular weight excluding hydrogens is 562 g/mol. The lowest BCUT2D eigenvalue weighted by Crippen LogP contribution is -2.19. The van der Waals surface area contributed by atoms with E-state index in [2.05, 4.69) is 115 Å². The highest BCUT2D eigenvalue weighted by Crippen LogP contribution is 2.46. The number of phenols is 1. The van der Waals surface area contributed by atoms with Gasteiger partial charge in [-0.3, -0.25) is 9.55 Å². The first kappa shape index (κ1) is 31.3. The number of phenolic OH excluding ortho intramolecular Hbond substituents is 1. The maximum atomic E-state index is 11.1. The van der Waals surface area contributed by atoms with Crippen molar-refractivity contribution >= 4 is 11.0 Å². The van der Waals surface area contributed by atoms with E-state index in [1.807, 2.05) is 48.7 Å². The highest BCUT2D eigenvalue weighted by molar-refractivity contribution is 5.98. The number of para-hydroxylation sites is 2. The van der Waals surface area contributed by atoms with Crippen molar-refractivity contribution in [1.29, 1.82) is 0 Å². The summed E-state index contributed by atoms with van der Waals surface area (Å²) in [5.41, 5.74) is 11.3. The van der Waals surface area contributed by atoms with E-state index in [0.29, 0.717) is 11.4 Å². The van der Waals surface area contributed by atoms with E-state index in [1.165, 1.54) is 16.7 Å². The van der Waals surface area contributed by atoms with Gasteiger partial charge in [0.15, 0.2) is 0 Å². The van der Waals surface area contributed by atoms with Crippen LogP contribution in [0.4, 0.5) is 0 Å². The average Bonchev–Trinajstić information content (AvgIpc) is 3.39. The molecule has 4 heteroatoms. The maximum Gasteiger partial charge on any atom is 0.149 e. The molecule has 4 aromatic carbocycles. The summed E-state index contributed by atoms with van der Waals surface area (Å²) in [7, 11) is 0. The third-order valence-corrected chi connectivity index (χ3v) is 8.79. The average molecular weight is 608 g/mol. The number of pyridine rings is 1. The molecule has 0 spiro atoms. The normalized spacial score (nSPS) is 12.5. The van der Waals surface area contributed by atoms with Crippen molar-refractivity contribution in [2.45, 2.75) is 78.6 Å². The number of rotatable bonds is 4. The minimum Gasteiger partial charge on any atom is -0.507 e. The number of hydrogen-bond acceptors (Lipinski definition) is 3. The molecule has 0 fully saturated rings. The van der Waals surface area contributed by atoms with Gasteiger partial charge in [0.2, 0.25) is 0 Å². The lowest BCUT2D eigenvalue weighted by atomic mass is 9.74. The van der Waals surface area contributed by atoms with Crippen LogP contribution in [-0.2, 0) is 16.2 Å². The minimum atomic E-state index is -0.148. The quantitative estimate of drug-likeness (QED) is 0.217.